The summed E-state index contributed by atoms with van der Waals surface area (Å²) in [5.74, 6) is 0. The van der Waals surface area contributed by atoms with Gasteiger partial charge < -0.3 is 10.4 Å². The molecule has 0 atom stereocenters. The third-order valence-electron chi connectivity index (χ3n) is 2.79. The van der Waals surface area contributed by atoms with Gasteiger partial charge in [-0.05, 0) is 38.0 Å². The van der Waals surface area contributed by atoms with E-state index in [2.05, 4.69) is 25.2 Å². The average Bonchev–Trinajstić information content (AvgIpc) is 2.35. The lowest BCUT2D eigenvalue weighted by Gasteiger charge is -2.24. The molecule has 0 bridgehead atoms. The molecule has 0 heterocycles. The molecular formula is C15H20N2O. The molecule has 1 aromatic carbocycles. The molecule has 3 nitrogen and oxygen atoms in total. The van der Waals surface area contributed by atoms with Crippen LogP contribution in [-0.2, 0) is 0 Å². The van der Waals surface area contributed by atoms with Crippen molar-refractivity contribution in [1.82, 2.24) is 5.32 Å². The van der Waals surface area contributed by atoms with E-state index in [1.807, 2.05) is 36.4 Å². The first-order valence-electron chi connectivity index (χ1n) is 6.10. The second-order valence-corrected chi connectivity index (χ2v) is 4.87. The summed E-state index contributed by atoms with van der Waals surface area (Å²) in [6, 6.07) is 9.56. The summed E-state index contributed by atoms with van der Waals surface area (Å²) in [4.78, 5) is 0. The molecule has 1 aromatic rings. The fraction of sp³-hybridized carbons (Fsp3) is 0.400. The van der Waals surface area contributed by atoms with Gasteiger partial charge in [-0.3, -0.25) is 0 Å². The van der Waals surface area contributed by atoms with Gasteiger partial charge in [0.15, 0.2) is 0 Å². The molecule has 0 saturated carbocycles. The second kappa shape index (κ2) is 6.95. The number of hydrogen-bond acceptors (Lipinski definition) is 3. The topological polar surface area (TPSA) is 56.0 Å². The van der Waals surface area contributed by atoms with Crippen molar-refractivity contribution in [3.63, 3.8) is 0 Å². The summed E-state index contributed by atoms with van der Waals surface area (Å²) in [5.41, 5.74) is 1.70. The molecule has 0 fully saturated rings. The zero-order chi connectivity index (χ0) is 13.4. The van der Waals surface area contributed by atoms with E-state index in [0.29, 0.717) is 5.56 Å². The number of hydrogen-bond donors (Lipinski definition) is 2. The normalized spacial score (nSPS) is 11.7. The third kappa shape index (κ3) is 5.13. The second-order valence-electron chi connectivity index (χ2n) is 4.87. The average molecular weight is 244 g/mol. The van der Waals surface area contributed by atoms with Crippen molar-refractivity contribution in [1.29, 1.82) is 5.26 Å². The summed E-state index contributed by atoms with van der Waals surface area (Å²) in [6.45, 7) is 5.09. The summed E-state index contributed by atoms with van der Waals surface area (Å²) in [6.07, 6.45) is 4.79. The van der Waals surface area contributed by atoms with E-state index in [0.717, 1.165) is 18.5 Å². The SMILES string of the molecule is CC(C)(CCO)NC/C=C/c1ccc(C#N)cc1. The summed E-state index contributed by atoms with van der Waals surface area (Å²) < 4.78 is 0. The molecule has 96 valence electrons. The van der Waals surface area contributed by atoms with Crippen LogP contribution in [0.25, 0.3) is 6.08 Å². The maximum Gasteiger partial charge on any atom is 0.0991 e. The van der Waals surface area contributed by atoms with Crippen LogP contribution < -0.4 is 5.32 Å². The highest BCUT2D eigenvalue weighted by Gasteiger charge is 2.14. The first-order valence-corrected chi connectivity index (χ1v) is 6.10. The Balaban J connectivity index is 2.43. The van der Waals surface area contributed by atoms with Crippen molar-refractivity contribution in [2.75, 3.05) is 13.2 Å². The Morgan fingerprint density at radius 2 is 2.00 bits per heavy atom. The molecule has 3 heteroatoms. The molecule has 0 radical (unpaired) electrons. The number of aliphatic hydroxyl groups is 1. The smallest absolute Gasteiger partial charge is 0.0991 e. The quantitative estimate of drug-likeness (QED) is 0.807. The van der Waals surface area contributed by atoms with Crippen molar-refractivity contribution in [3.8, 4) is 6.07 Å². The van der Waals surface area contributed by atoms with Crippen LogP contribution in [0.15, 0.2) is 30.3 Å². The maximum absolute atomic E-state index is 8.90. The van der Waals surface area contributed by atoms with Gasteiger partial charge in [0.2, 0.25) is 0 Å². The van der Waals surface area contributed by atoms with Gasteiger partial charge in [-0.1, -0.05) is 24.3 Å². The van der Waals surface area contributed by atoms with Crippen LogP contribution in [0.5, 0.6) is 0 Å². The molecule has 0 aliphatic rings. The van der Waals surface area contributed by atoms with Crippen LogP contribution in [0.3, 0.4) is 0 Å². The molecule has 0 saturated heterocycles. The molecule has 0 amide bonds. The third-order valence-corrected chi connectivity index (χ3v) is 2.79. The summed E-state index contributed by atoms with van der Waals surface area (Å²) >= 11 is 0. The highest BCUT2D eigenvalue weighted by atomic mass is 16.3. The van der Waals surface area contributed by atoms with Gasteiger partial charge in [-0.25, -0.2) is 0 Å². The predicted molar refractivity (Wildman–Crippen MR) is 74.0 cm³/mol. The Labute approximate surface area is 109 Å². The molecule has 0 aliphatic carbocycles. The van der Waals surface area contributed by atoms with Crippen LogP contribution in [0.4, 0.5) is 0 Å². The van der Waals surface area contributed by atoms with Crippen LogP contribution in [-0.4, -0.2) is 23.8 Å². The van der Waals surface area contributed by atoms with Crippen LogP contribution in [0.2, 0.25) is 0 Å². The fourth-order valence-electron chi connectivity index (χ4n) is 1.57. The minimum Gasteiger partial charge on any atom is -0.396 e. The Kier molecular flexibility index (Phi) is 5.57. The summed E-state index contributed by atoms with van der Waals surface area (Å²) in [5, 5.41) is 20.9. The van der Waals surface area contributed by atoms with Gasteiger partial charge in [-0.15, -0.1) is 0 Å². The number of nitriles is 1. The van der Waals surface area contributed by atoms with E-state index in [9.17, 15) is 0 Å². The van der Waals surface area contributed by atoms with Gasteiger partial charge in [-0.2, -0.15) is 5.26 Å². The van der Waals surface area contributed by atoms with E-state index in [1.54, 1.807) is 0 Å². The van der Waals surface area contributed by atoms with E-state index < -0.39 is 0 Å². The van der Waals surface area contributed by atoms with Gasteiger partial charge in [0.05, 0.1) is 11.6 Å². The minimum absolute atomic E-state index is 0.0518. The fourth-order valence-corrected chi connectivity index (χ4v) is 1.57. The molecule has 0 unspecified atom stereocenters. The van der Waals surface area contributed by atoms with Crippen molar-refractivity contribution in [3.05, 3.63) is 41.5 Å². The number of rotatable bonds is 6. The van der Waals surface area contributed by atoms with Crippen LogP contribution in [0, 0.1) is 11.3 Å². The van der Waals surface area contributed by atoms with Gasteiger partial charge >= 0.3 is 0 Å². The van der Waals surface area contributed by atoms with Crippen LogP contribution >= 0.6 is 0 Å². The monoisotopic (exact) mass is 244 g/mol. The number of nitrogens with one attached hydrogen (secondary N) is 1. The summed E-state index contributed by atoms with van der Waals surface area (Å²) in [7, 11) is 0. The lowest BCUT2D eigenvalue weighted by molar-refractivity contribution is 0.234. The predicted octanol–water partition coefficient (Wildman–Crippen LogP) is 2.32. The van der Waals surface area contributed by atoms with Crippen molar-refractivity contribution < 1.29 is 5.11 Å². The number of nitrogens with zero attached hydrogens (tertiary/aromatic N) is 1. The molecule has 2 N–H and O–H groups in total. The molecule has 0 aliphatic heterocycles. The number of benzene rings is 1. The van der Waals surface area contributed by atoms with Crippen molar-refractivity contribution in [2.45, 2.75) is 25.8 Å². The van der Waals surface area contributed by atoms with E-state index in [-0.39, 0.29) is 12.1 Å². The zero-order valence-electron chi connectivity index (χ0n) is 11.0. The van der Waals surface area contributed by atoms with Gasteiger partial charge in [0.1, 0.15) is 0 Å². The first-order chi connectivity index (χ1) is 8.57. The Bertz CT molecular complexity index is 427. The molecule has 1 rings (SSSR count). The standard InChI is InChI=1S/C15H20N2O/c1-15(2,9-11-18)17-10-3-4-13-5-7-14(12-16)8-6-13/h3-8,17-18H,9-11H2,1-2H3/b4-3+. The van der Waals surface area contributed by atoms with Crippen molar-refractivity contribution in [2.24, 2.45) is 0 Å². The Morgan fingerprint density at radius 3 is 2.56 bits per heavy atom. The lowest BCUT2D eigenvalue weighted by Crippen LogP contribution is -2.40. The van der Waals surface area contributed by atoms with E-state index in [1.165, 1.54) is 0 Å². The largest absolute Gasteiger partial charge is 0.396 e. The minimum atomic E-state index is -0.0518. The Hall–Kier alpha value is -1.63. The molecule has 0 aromatic heterocycles. The van der Waals surface area contributed by atoms with E-state index in [4.69, 9.17) is 10.4 Å². The first kappa shape index (κ1) is 14.4. The van der Waals surface area contributed by atoms with Crippen molar-refractivity contribution >= 4 is 6.08 Å². The Morgan fingerprint density at radius 1 is 1.33 bits per heavy atom. The molecular weight excluding hydrogens is 224 g/mol. The van der Waals surface area contributed by atoms with Gasteiger partial charge in [0, 0.05) is 18.7 Å². The number of aliphatic hydroxyl groups excluding tert-OH is 1. The van der Waals surface area contributed by atoms with E-state index >= 15 is 0 Å². The lowest BCUT2D eigenvalue weighted by atomic mass is 10.0. The van der Waals surface area contributed by atoms with Crippen LogP contribution in [0.1, 0.15) is 31.4 Å². The van der Waals surface area contributed by atoms with Gasteiger partial charge in [0.25, 0.3) is 0 Å². The molecule has 18 heavy (non-hydrogen) atoms. The maximum atomic E-state index is 8.90. The zero-order valence-corrected chi connectivity index (χ0v) is 11.0. The highest BCUT2D eigenvalue weighted by Crippen LogP contribution is 2.07. The highest BCUT2D eigenvalue weighted by molar-refractivity contribution is 5.51. The molecule has 0 spiro atoms.